The van der Waals surface area contributed by atoms with Crippen LogP contribution >= 0.6 is 0 Å². The predicted molar refractivity (Wildman–Crippen MR) is 110 cm³/mol. The molecule has 2 aromatic rings. The third-order valence-electron chi connectivity index (χ3n) is 6.08. The number of hydrogen-bond donors (Lipinski definition) is 1. The van der Waals surface area contributed by atoms with Gasteiger partial charge in [0.05, 0.1) is 4.90 Å². The standard InChI is InChI=1S/C22H26N2O3S/c25-21-9-6-16-24(21)19-10-12-20(13-11-19)28(26,27)23-17-22(14-4-5-15-22)18-7-2-1-3-8-18/h1-3,7-8,10-13,23H,4-6,9,14-17H2. The van der Waals surface area contributed by atoms with Gasteiger partial charge in [-0.2, -0.15) is 0 Å². The van der Waals surface area contributed by atoms with Crippen molar-refractivity contribution in [1.29, 1.82) is 0 Å². The van der Waals surface area contributed by atoms with E-state index in [1.165, 1.54) is 5.56 Å². The van der Waals surface area contributed by atoms with E-state index < -0.39 is 10.0 Å². The molecule has 1 aliphatic carbocycles. The molecule has 1 amide bonds. The van der Waals surface area contributed by atoms with E-state index in [2.05, 4.69) is 16.9 Å². The maximum Gasteiger partial charge on any atom is 0.240 e. The van der Waals surface area contributed by atoms with Crippen molar-refractivity contribution in [1.82, 2.24) is 4.72 Å². The molecule has 0 unspecified atom stereocenters. The molecule has 2 fully saturated rings. The molecular formula is C22H26N2O3S. The van der Waals surface area contributed by atoms with E-state index in [-0.39, 0.29) is 16.2 Å². The maximum absolute atomic E-state index is 12.9. The Labute approximate surface area is 166 Å². The van der Waals surface area contributed by atoms with Gasteiger partial charge >= 0.3 is 0 Å². The van der Waals surface area contributed by atoms with Gasteiger partial charge < -0.3 is 4.90 Å². The van der Waals surface area contributed by atoms with E-state index in [4.69, 9.17) is 0 Å². The summed E-state index contributed by atoms with van der Waals surface area (Å²) in [6.45, 7) is 1.11. The molecule has 0 spiro atoms. The molecule has 1 saturated carbocycles. The highest BCUT2D eigenvalue weighted by Crippen LogP contribution is 2.40. The first kappa shape index (κ1) is 19.2. The monoisotopic (exact) mass is 398 g/mol. The Morgan fingerprint density at radius 1 is 0.929 bits per heavy atom. The number of carbonyl (C=O) groups is 1. The Hall–Kier alpha value is -2.18. The molecule has 6 heteroatoms. The summed E-state index contributed by atoms with van der Waals surface area (Å²) in [6, 6.07) is 16.8. The first-order valence-corrected chi connectivity index (χ1v) is 11.4. The van der Waals surface area contributed by atoms with Crippen LogP contribution in [0.25, 0.3) is 0 Å². The quantitative estimate of drug-likeness (QED) is 0.808. The molecular weight excluding hydrogens is 372 g/mol. The molecule has 0 radical (unpaired) electrons. The van der Waals surface area contributed by atoms with Crippen LogP contribution in [0.4, 0.5) is 5.69 Å². The van der Waals surface area contributed by atoms with Gasteiger partial charge in [0.2, 0.25) is 15.9 Å². The fraction of sp³-hybridized carbons (Fsp3) is 0.409. The van der Waals surface area contributed by atoms with Crippen molar-refractivity contribution in [3.63, 3.8) is 0 Å². The highest BCUT2D eigenvalue weighted by atomic mass is 32.2. The number of nitrogens with zero attached hydrogens (tertiary/aromatic N) is 1. The van der Waals surface area contributed by atoms with Gasteiger partial charge in [0, 0.05) is 30.6 Å². The second-order valence-corrected chi connectivity index (χ2v) is 9.59. The highest BCUT2D eigenvalue weighted by molar-refractivity contribution is 7.89. The lowest BCUT2D eigenvalue weighted by atomic mass is 9.79. The van der Waals surface area contributed by atoms with Crippen molar-refractivity contribution in [3.8, 4) is 0 Å². The summed E-state index contributed by atoms with van der Waals surface area (Å²) in [6.07, 6.45) is 5.64. The lowest BCUT2D eigenvalue weighted by molar-refractivity contribution is -0.117. The molecule has 0 atom stereocenters. The number of rotatable bonds is 6. The second kappa shape index (κ2) is 7.68. The smallest absolute Gasteiger partial charge is 0.240 e. The highest BCUT2D eigenvalue weighted by Gasteiger charge is 2.36. The number of anilines is 1. The Bertz CT molecular complexity index is 934. The van der Waals surface area contributed by atoms with E-state index in [0.717, 1.165) is 37.8 Å². The van der Waals surface area contributed by atoms with Gasteiger partial charge in [0.1, 0.15) is 0 Å². The van der Waals surface area contributed by atoms with Crippen LogP contribution in [0.3, 0.4) is 0 Å². The van der Waals surface area contributed by atoms with Crippen LogP contribution in [-0.2, 0) is 20.2 Å². The third-order valence-corrected chi connectivity index (χ3v) is 7.50. The minimum absolute atomic E-state index is 0.0970. The molecule has 2 aromatic carbocycles. The largest absolute Gasteiger partial charge is 0.312 e. The molecule has 28 heavy (non-hydrogen) atoms. The van der Waals surface area contributed by atoms with Gasteiger partial charge in [-0.3, -0.25) is 4.79 Å². The van der Waals surface area contributed by atoms with E-state index in [1.807, 2.05) is 18.2 Å². The van der Waals surface area contributed by atoms with Crippen LogP contribution < -0.4 is 9.62 Å². The van der Waals surface area contributed by atoms with Crippen LogP contribution in [0.2, 0.25) is 0 Å². The minimum Gasteiger partial charge on any atom is -0.312 e. The van der Waals surface area contributed by atoms with Gasteiger partial charge in [0.15, 0.2) is 0 Å². The molecule has 1 N–H and O–H groups in total. The fourth-order valence-electron chi connectivity index (χ4n) is 4.45. The normalized spacial score (nSPS) is 19.3. The molecule has 2 aliphatic rings. The first-order valence-electron chi connectivity index (χ1n) is 9.96. The summed E-state index contributed by atoms with van der Waals surface area (Å²) in [7, 11) is -3.60. The van der Waals surface area contributed by atoms with E-state index >= 15 is 0 Å². The zero-order valence-electron chi connectivity index (χ0n) is 15.9. The first-order chi connectivity index (χ1) is 13.5. The fourth-order valence-corrected chi connectivity index (χ4v) is 5.58. The molecule has 148 valence electrons. The van der Waals surface area contributed by atoms with Gasteiger partial charge in [-0.15, -0.1) is 0 Å². The average molecular weight is 399 g/mol. The molecule has 0 bridgehead atoms. The SMILES string of the molecule is O=C1CCCN1c1ccc(S(=O)(=O)NCC2(c3ccccc3)CCCC2)cc1. The number of nitrogens with one attached hydrogen (secondary N) is 1. The molecule has 0 aromatic heterocycles. The number of carbonyl (C=O) groups excluding carboxylic acids is 1. The lowest BCUT2D eigenvalue weighted by Gasteiger charge is -2.30. The Morgan fingerprint density at radius 3 is 2.21 bits per heavy atom. The van der Waals surface area contributed by atoms with Crippen molar-refractivity contribution in [2.45, 2.75) is 48.8 Å². The molecule has 1 aliphatic heterocycles. The lowest BCUT2D eigenvalue weighted by Crippen LogP contribution is -2.39. The van der Waals surface area contributed by atoms with Crippen LogP contribution in [0.1, 0.15) is 44.1 Å². The maximum atomic E-state index is 12.9. The summed E-state index contributed by atoms with van der Waals surface area (Å²) in [5.74, 6) is 0.0970. The van der Waals surface area contributed by atoms with Crippen LogP contribution in [-0.4, -0.2) is 27.4 Å². The summed E-state index contributed by atoms with van der Waals surface area (Å²) < 4.78 is 28.6. The van der Waals surface area contributed by atoms with Crippen molar-refractivity contribution in [3.05, 3.63) is 60.2 Å². The van der Waals surface area contributed by atoms with Crippen LogP contribution in [0, 0.1) is 0 Å². The number of sulfonamides is 1. The Balaban J connectivity index is 1.50. The second-order valence-electron chi connectivity index (χ2n) is 7.82. The Morgan fingerprint density at radius 2 is 1.61 bits per heavy atom. The van der Waals surface area contributed by atoms with Gasteiger partial charge in [-0.1, -0.05) is 43.2 Å². The zero-order valence-corrected chi connectivity index (χ0v) is 16.7. The molecule has 1 saturated heterocycles. The number of benzene rings is 2. The van der Waals surface area contributed by atoms with Crippen molar-refractivity contribution < 1.29 is 13.2 Å². The van der Waals surface area contributed by atoms with Crippen LogP contribution in [0.15, 0.2) is 59.5 Å². The molecule has 5 nitrogen and oxygen atoms in total. The number of amides is 1. The predicted octanol–water partition coefficient (Wildman–Crippen LogP) is 3.60. The summed E-state index contributed by atoms with van der Waals surface area (Å²) in [5.41, 5.74) is 1.84. The summed E-state index contributed by atoms with van der Waals surface area (Å²) in [4.78, 5) is 13.8. The average Bonchev–Trinajstić information content (AvgIpc) is 3.37. The van der Waals surface area contributed by atoms with Gasteiger partial charge in [-0.05, 0) is 49.1 Å². The van der Waals surface area contributed by atoms with Gasteiger partial charge in [0.25, 0.3) is 0 Å². The van der Waals surface area contributed by atoms with E-state index in [1.54, 1.807) is 29.2 Å². The van der Waals surface area contributed by atoms with Crippen molar-refractivity contribution in [2.24, 2.45) is 0 Å². The number of hydrogen-bond acceptors (Lipinski definition) is 3. The van der Waals surface area contributed by atoms with Crippen LogP contribution in [0.5, 0.6) is 0 Å². The third kappa shape index (κ3) is 3.71. The van der Waals surface area contributed by atoms with Crippen molar-refractivity contribution >= 4 is 21.6 Å². The Kier molecular flexibility index (Phi) is 5.25. The molecule has 4 rings (SSSR count). The van der Waals surface area contributed by atoms with E-state index in [0.29, 0.717) is 19.5 Å². The summed E-state index contributed by atoms with van der Waals surface area (Å²) >= 11 is 0. The summed E-state index contributed by atoms with van der Waals surface area (Å²) in [5, 5.41) is 0. The topological polar surface area (TPSA) is 66.5 Å². The van der Waals surface area contributed by atoms with Crippen molar-refractivity contribution in [2.75, 3.05) is 18.0 Å². The van der Waals surface area contributed by atoms with Gasteiger partial charge in [-0.25, -0.2) is 13.1 Å². The van der Waals surface area contributed by atoms with E-state index in [9.17, 15) is 13.2 Å². The minimum atomic E-state index is -3.60. The molecule has 1 heterocycles. The zero-order chi connectivity index (χ0) is 19.6.